The van der Waals surface area contributed by atoms with Gasteiger partial charge in [0.25, 0.3) is 0 Å². The normalized spacial score (nSPS) is 15.7. The summed E-state index contributed by atoms with van der Waals surface area (Å²) < 4.78 is 21.3. The van der Waals surface area contributed by atoms with Gasteiger partial charge in [-0.2, -0.15) is 4.98 Å². The van der Waals surface area contributed by atoms with E-state index >= 15 is 0 Å². The first kappa shape index (κ1) is 19.4. The minimum Gasteiger partial charge on any atom is -0.493 e. The highest BCUT2D eigenvalue weighted by Crippen LogP contribution is 2.38. The quantitative estimate of drug-likeness (QED) is 0.718. The number of aromatic nitrogens is 2. The van der Waals surface area contributed by atoms with Gasteiger partial charge in [0.1, 0.15) is 0 Å². The average molecular weight is 377 g/mol. The first-order valence-electron chi connectivity index (χ1n) is 8.92. The number of methoxy groups -OCH3 is 3. The van der Waals surface area contributed by atoms with E-state index in [1.807, 2.05) is 12.1 Å². The summed E-state index contributed by atoms with van der Waals surface area (Å²) in [5.74, 6) is 3.14. The summed E-state index contributed by atoms with van der Waals surface area (Å²) in [5.41, 5.74) is 6.63. The molecule has 27 heavy (non-hydrogen) atoms. The molecule has 0 unspecified atom stereocenters. The van der Waals surface area contributed by atoms with E-state index in [2.05, 4.69) is 19.9 Å². The minimum absolute atomic E-state index is 0.273. The molecule has 0 atom stereocenters. The van der Waals surface area contributed by atoms with Gasteiger partial charge in [-0.15, -0.1) is 0 Å². The first-order chi connectivity index (χ1) is 13.2. The Balaban J connectivity index is 1.57. The number of rotatable bonds is 8. The van der Waals surface area contributed by atoms with Crippen LogP contribution in [0.2, 0.25) is 0 Å². The second kappa shape index (κ2) is 9.03. The highest BCUT2D eigenvalue weighted by atomic mass is 16.5. The number of hydrogen-bond donors (Lipinski definition) is 1. The van der Waals surface area contributed by atoms with Crippen LogP contribution >= 0.6 is 0 Å². The molecule has 1 fully saturated rings. The summed E-state index contributed by atoms with van der Waals surface area (Å²) in [4.78, 5) is 8.98. The third kappa shape index (κ3) is 4.68. The van der Waals surface area contributed by atoms with Crippen LogP contribution in [0, 0.1) is 0 Å². The van der Waals surface area contributed by atoms with Gasteiger partial charge in [-0.05, 0) is 17.7 Å². The van der Waals surface area contributed by atoms with Crippen LogP contribution in [0.3, 0.4) is 0 Å². The molecule has 0 spiro atoms. The van der Waals surface area contributed by atoms with Gasteiger partial charge in [-0.25, -0.2) is 0 Å². The number of piperazine rings is 1. The van der Waals surface area contributed by atoms with E-state index in [1.165, 1.54) is 0 Å². The third-order valence-corrected chi connectivity index (χ3v) is 4.65. The highest BCUT2D eigenvalue weighted by molar-refractivity contribution is 5.53. The number of hydrogen-bond acceptors (Lipinski definition) is 9. The van der Waals surface area contributed by atoms with Gasteiger partial charge in [0, 0.05) is 32.7 Å². The lowest BCUT2D eigenvalue weighted by Gasteiger charge is -2.34. The maximum atomic E-state index is 5.51. The molecule has 1 aromatic heterocycles. The van der Waals surface area contributed by atoms with E-state index in [-0.39, 0.29) is 6.54 Å². The minimum atomic E-state index is 0.273. The zero-order valence-corrected chi connectivity index (χ0v) is 16.1. The lowest BCUT2D eigenvalue weighted by atomic mass is 10.1. The van der Waals surface area contributed by atoms with Crippen molar-refractivity contribution in [2.45, 2.75) is 19.6 Å². The molecule has 3 rings (SSSR count). The first-order valence-corrected chi connectivity index (χ1v) is 8.92. The van der Waals surface area contributed by atoms with Gasteiger partial charge in [0.15, 0.2) is 17.3 Å². The Morgan fingerprint density at radius 3 is 2.04 bits per heavy atom. The summed E-state index contributed by atoms with van der Waals surface area (Å²) in [6.07, 6.45) is 0. The molecule has 2 N–H and O–H groups in total. The van der Waals surface area contributed by atoms with Crippen molar-refractivity contribution in [3.63, 3.8) is 0 Å². The Labute approximate surface area is 159 Å². The molecule has 1 saturated heterocycles. The number of benzene rings is 1. The molecule has 0 saturated carbocycles. The van der Waals surface area contributed by atoms with Crippen LogP contribution in [0.1, 0.15) is 17.3 Å². The van der Waals surface area contributed by atoms with Crippen molar-refractivity contribution in [3.8, 4) is 17.2 Å². The Hall–Kier alpha value is -2.36. The van der Waals surface area contributed by atoms with E-state index in [9.17, 15) is 0 Å². The molecule has 2 heterocycles. The Morgan fingerprint density at radius 2 is 1.56 bits per heavy atom. The maximum absolute atomic E-state index is 5.51. The zero-order chi connectivity index (χ0) is 19.2. The summed E-state index contributed by atoms with van der Waals surface area (Å²) in [7, 11) is 4.88. The zero-order valence-electron chi connectivity index (χ0n) is 16.1. The van der Waals surface area contributed by atoms with Gasteiger partial charge in [0.2, 0.25) is 11.6 Å². The highest BCUT2D eigenvalue weighted by Gasteiger charge is 2.20. The van der Waals surface area contributed by atoms with Gasteiger partial charge in [0.05, 0.1) is 34.4 Å². The van der Waals surface area contributed by atoms with E-state index < -0.39 is 0 Å². The molecular weight excluding hydrogens is 350 g/mol. The summed E-state index contributed by atoms with van der Waals surface area (Å²) in [5, 5.41) is 3.96. The number of nitrogens with zero attached hydrogens (tertiary/aromatic N) is 4. The van der Waals surface area contributed by atoms with E-state index in [4.69, 9.17) is 24.5 Å². The van der Waals surface area contributed by atoms with Crippen LogP contribution in [0.5, 0.6) is 17.2 Å². The second-order valence-corrected chi connectivity index (χ2v) is 6.39. The Bertz CT molecular complexity index is 718. The van der Waals surface area contributed by atoms with Crippen LogP contribution in [-0.4, -0.2) is 67.4 Å². The number of nitrogens with two attached hydrogens (primary N) is 1. The van der Waals surface area contributed by atoms with Crippen molar-refractivity contribution in [3.05, 3.63) is 29.4 Å². The van der Waals surface area contributed by atoms with Crippen LogP contribution < -0.4 is 19.9 Å². The molecule has 9 nitrogen and oxygen atoms in total. The fraction of sp³-hybridized carbons (Fsp3) is 0.556. The summed E-state index contributed by atoms with van der Waals surface area (Å²) >= 11 is 0. The Kier molecular flexibility index (Phi) is 6.49. The van der Waals surface area contributed by atoms with Crippen LogP contribution in [0.4, 0.5) is 0 Å². The smallest absolute Gasteiger partial charge is 0.240 e. The van der Waals surface area contributed by atoms with Crippen molar-refractivity contribution >= 4 is 0 Å². The fourth-order valence-electron chi connectivity index (χ4n) is 3.23. The molecule has 0 aliphatic carbocycles. The summed E-state index contributed by atoms with van der Waals surface area (Å²) in [6.45, 7) is 5.57. The average Bonchev–Trinajstić information content (AvgIpc) is 3.16. The molecule has 1 aromatic carbocycles. The molecule has 0 radical (unpaired) electrons. The lowest BCUT2D eigenvalue weighted by Crippen LogP contribution is -2.45. The van der Waals surface area contributed by atoms with Crippen LogP contribution in [-0.2, 0) is 19.6 Å². The monoisotopic (exact) mass is 377 g/mol. The SMILES string of the molecule is COc1cc(CN2CCN(Cc3noc(CN)n3)CC2)cc(OC)c1OC. The predicted molar refractivity (Wildman–Crippen MR) is 98.8 cm³/mol. The van der Waals surface area contributed by atoms with E-state index in [1.54, 1.807) is 21.3 Å². The van der Waals surface area contributed by atoms with Crippen LogP contribution in [0.25, 0.3) is 0 Å². The maximum Gasteiger partial charge on any atom is 0.240 e. The van der Waals surface area contributed by atoms with Gasteiger partial charge in [-0.1, -0.05) is 5.16 Å². The van der Waals surface area contributed by atoms with E-state index in [0.29, 0.717) is 35.5 Å². The summed E-state index contributed by atoms with van der Waals surface area (Å²) in [6, 6.07) is 4.00. The fourth-order valence-corrected chi connectivity index (χ4v) is 3.23. The van der Waals surface area contributed by atoms with Crippen molar-refractivity contribution in [1.82, 2.24) is 19.9 Å². The largest absolute Gasteiger partial charge is 0.493 e. The van der Waals surface area contributed by atoms with Crippen LogP contribution in [0.15, 0.2) is 16.7 Å². The molecule has 0 bridgehead atoms. The number of ether oxygens (including phenoxy) is 3. The molecule has 0 amide bonds. The van der Waals surface area contributed by atoms with Gasteiger partial charge in [-0.3, -0.25) is 9.80 Å². The Morgan fingerprint density at radius 1 is 0.963 bits per heavy atom. The van der Waals surface area contributed by atoms with Crippen molar-refractivity contribution in [1.29, 1.82) is 0 Å². The van der Waals surface area contributed by atoms with E-state index in [0.717, 1.165) is 38.3 Å². The van der Waals surface area contributed by atoms with Crippen molar-refractivity contribution < 1.29 is 18.7 Å². The molecule has 1 aliphatic heterocycles. The lowest BCUT2D eigenvalue weighted by molar-refractivity contribution is 0.119. The third-order valence-electron chi connectivity index (χ3n) is 4.65. The topological polar surface area (TPSA) is 99.1 Å². The predicted octanol–water partition coefficient (Wildman–Crippen LogP) is 0.872. The molecule has 9 heteroatoms. The van der Waals surface area contributed by atoms with Gasteiger partial charge >= 0.3 is 0 Å². The molecule has 148 valence electrons. The molecular formula is C18H27N5O4. The second-order valence-electron chi connectivity index (χ2n) is 6.39. The molecule has 1 aliphatic rings. The standard InChI is InChI=1S/C18H27N5O4/c1-24-14-8-13(9-15(25-2)18(14)26-3)11-22-4-6-23(7-5-22)12-16-20-17(10-19)27-21-16/h8-9H,4-7,10-12,19H2,1-3H3. The molecule has 2 aromatic rings. The van der Waals surface area contributed by atoms with Crippen molar-refractivity contribution in [2.75, 3.05) is 47.5 Å². The van der Waals surface area contributed by atoms with Gasteiger partial charge < -0.3 is 24.5 Å². The van der Waals surface area contributed by atoms with Crippen molar-refractivity contribution in [2.24, 2.45) is 5.73 Å².